The topological polar surface area (TPSA) is 139 Å². The molecule has 23 atom stereocenters. The van der Waals surface area contributed by atoms with Crippen molar-refractivity contribution in [2.24, 2.45) is 11.3 Å². The highest BCUT2D eigenvalue weighted by Gasteiger charge is 2.64. The van der Waals surface area contributed by atoms with Crippen LogP contribution < -0.4 is 0 Å². The quantitative estimate of drug-likeness (QED) is 0.219. The molecule has 66 heavy (non-hydrogen) atoms. The first-order chi connectivity index (χ1) is 31.0. The van der Waals surface area contributed by atoms with Gasteiger partial charge in [0.25, 0.3) is 0 Å². The van der Waals surface area contributed by atoms with Crippen LogP contribution in [-0.4, -0.2) is 143 Å². The normalized spacial score (nSPS) is 55.9. The van der Waals surface area contributed by atoms with E-state index in [-0.39, 0.29) is 115 Å². The second-order valence-corrected chi connectivity index (χ2v) is 24.8. The van der Waals surface area contributed by atoms with Gasteiger partial charge in [0.15, 0.2) is 0 Å². The molecule has 0 aliphatic carbocycles. The Bertz CT molecular complexity index is 1980. The van der Waals surface area contributed by atoms with Gasteiger partial charge in [-0.1, -0.05) is 52.0 Å². The molecule has 15 unspecified atom stereocenters. The van der Waals surface area contributed by atoms with Crippen LogP contribution in [-0.2, 0) is 56.9 Å². The zero-order valence-electron chi connectivity index (χ0n) is 41.2. The molecule has 0 radical (unpaired) electrons. The summed E-state index contributed by atoms with van der Waals surface area (Å²) in [6.07, 6.45) is 10.3. The number of fused-ring (bicyclic) bond motifs is 10. The highest BCUT2D eigenvalue weighted by Crippen LogP contribution is 2.55. The van der Waals surface area contributed by atoms with Gasteiger partial charge in [-0.3, -0.25) is 0 Å². The Hall–Kier alpha value is -1.75. The third-order valence-electron chi connectivity index (χ3n) is 18.6. The van der Waals surface area contributed by atoms with Crippen molar-refractivity contribution in [1.82, 2.24) is 0 Å². The number of rotatable bonds is 2. The summed E-state index contributed by atoms with van der Waals surface area (Å²) in [4.78, 5) is 12.3. The van der Waals surface area contributed by atoms with E-state index in [2.05, 4.69) is 74.1 Å². The van der Waals surface area contributed by atoms with Crippen molar-refractivity contribution in [1.29, 1.82) is 0 Å². The van der Waals surface area contributed by atoms with Crippen LogP contribution in [0.25, 0.3) is 0 Å². The number of esters is 1. The Balaban J connectivity index is 0.769. The molecule has 368 valence electrons. The minimum absolute atomic E-state index is 0.0288. The first-order valence-corrected chi connectivity index (χ1v) is 25.6. The lowest BCUT2D eigenvalue weighted by atomic mass is 9.72. The van der Waals surface area contributed by atoms with E-state index in [1.807, 2.05) is 13.8 Å². The maximum Gasteiger partial charge on any atom is 0.331 e. The molecular formula is C53H78O13. The van der Waals surface area contributed by atoms with Crippen molar-refractivity contribution >= 4 is 5.97 Å². The van der Waals surface area contributed by atoms with Crippen LogP contribution in [0.1, 0.15) is 146 Å². The van der Waals surface area contributed by atoms with Gasteiger partial charge in [-0.05, 0) is 90.6 Å². The van der Waals surface area contributed by atoms with Crippen LogP contribution in [0.3, 0.4) is 0 Å². The smallest absolute Gasteiger partial charge is 0.331 e. The molecule has 13 nitrogen and oxygen atoms in total. The highest BCUT2D eigenvalue weighted by molar-refractivity contribution is 5.84. The number of aliphatic hydroxyl groups is 1. The van der Waals surface area contributed by atoms with Crippen molar-refractivity contribution in [2.75, 3.05) is 0 Å². The summed E-state index contributed by atoms with van der Waals surface area (Å²) in [5.74, 6) is -0.131. The number of aliphatic hydroxyl groups excluding tert-OH is 1. The molecular weight excluding hydrogens is 845 g/mol. The molecule has 9 saturated heterocycles. The Morgan fingerprint density at radius 2 is 1.45 bits per heavy atom. The van der Waals surface area contributed by atoms with E-state index in [1.54, 1.807) is 6.08 Å². The average Bonchev–Trinajstić information content (AvgIpc) is 3.42. The monoisotopic (exact) mass is 923 g/mol. The lowest BCUT2D eigenvalue weighted by Gasteiger charge is -2.60. The fourth-order valence-electron chi connectivity index (χ4n) is 14.2. The molecule has 11 aliphatic rings. The average molecular weight is 923 g/mol. The number of ether oxygens (including phenoxy) is 11. The Morgan fingerprint density at radius 3 is 2.24 bits per heavy atom. The van der Waals surface area contributed by atoms with E-state index >= 15 is 0 Å². The molecule has 0 bridgehead atoms. The minimum atomic E-state index is -0.841. The van der Waals surface area contributed by atoms with Crippen molar-refractivity contribution in [3.8, 4) is 0 Å². The van der Waals surface area contributed by atoms with E-state index in [4.69, 9.17) is 52.1 Å². The molecule has 0 saturated carbocycles. The van der Waals surface area contributed by atoms with Gasteiger partial charge in [0.2, 0.25) is 0 Å². The molecule has 0 amide bonds. The molecule has 0 aromatic heterocycles. The van der Waals surface area contributed by atoms with Gasteiger partial charge >= 0.3 is 5.97 Å². The summed E-state index contributed by atoms with van der Waals surface area (Å²) in [7, 11) is 0. The predicted molar refractivity (Wildman–Crippen MR) is 242 cm³/mol. The zero-order chi connectivity index (χ0) is 46.5. The maximum absolute atomic E-state index is 12.3. The summed E-state index contributed by atoms with van der Waals surface area (Å²) in [5, 5.41) is 11.6. The van der Waals surface area contributed by atoms with E-state index in [9.17, 15) is 9.90 Å². The standard InChI is InChI=1S/C53H78O13/c1-27-17-33-38(25-51(9)40(59-33)23-37-47(65-51)28(2)18-45(55)61-37)58-32-14-16-50(8)41(62-46(27)32)24-42-52(10,66-50)26-44-49(7,64-42)15-12-13-31-34(60-44)21-36-35(57-31)22-43-53(11,63-36)39(54)20-30(56-43)19-29(3)48(4,5)6/h12-13,18,27,30-44,46-47,54H,3,14-17,19-26H2,1-2,4-11H3/b13-12-/t27-,30-,31?,32?,33?,34?,35?,36?,37?,38?,39+,40?,41?,42?,43?,44?,46?,47?,49+,50-,51+,52+,53+/m1/s1. The molecule has 1 N–H and O–H groups in total. The summed E-state index contributed by atoms with van der Waals surface area (Å²) < 4.78 is 76.3. The molecule has 11 aliphatic heterocycles. The van der Waals surface area contributed by atoms with Crippen LogP contribution in [0.5, 0.6) is 0 Å². The summed E-state index contributed by atoms with van der Waals surface area (Å²) in [5.41, 5.74) is -1.19. The zero-order valence-corrected chi connectivity index (χ0v) is 41.2. The number of hydrogen-bond acceptors (Lipinski definition) is 13. The predicted octanol–water partition coefficient (Wildman–Crippen LogP) is 7.32. The van der Waals surface area contributed by atoms with E-state index in [0.717, 1.165) is 30.4 Å². The minimum Gasteiger partial charge on any atom is -0.456 e. The van der Waals surface area contributed by atoms with Crippen LogP contribution >= 0.6 is 0 Å². The van der Waals surface area contributed by atoms with Crippen LogP contribution in [0.4, 0.5) is 0 Å². The maximum atomic E-state index is 12.3. The fourth-order valence-corrected chi connectivity index (χ4v) is 14.2. The van der Waals surface area contributed by atoms with E-state index < -0.39 is 34.1 Å². The molecule has 0 spiro atoms. The molecule has 9 fully saturated rings. The van der Waals surface area contributed by atoms with E-state index in [1.165, 1.54) is 0 Å². The third-order valence-corrected chi connectivity index (χ3v) is 18.6. The van der Waals surface area contributed by atoms with Gasteiger partial charge < -0.3 is 57.2 Å². The summed E-state index contributed by atoms with van der Waals surface area (Å²) >= 11 is 0. The number of carbonyl (C=O) groups excluding carboxylic acids is 1. The first kappa shape index (κ1) is 46.6. The number of hydrogen-bond donors (Lipinski definition) is 1. The molecule has 13 heteroatoms. The second-order valence-electron chi connectivity index (χ2n) is 24.8. The van der Waals surface area contributed by atoms with Crippen molar-refractivity contribution in [3.63, 3.8) is 0 Å². The van der Waals surface area contributed by atoms with Crippen molar-refractivity contribution < 1.29 is 62.0 Å². The third kappa shape index (κ3) is 7.87. The SMILES string of the molecule is C=C(C[C@@H]1C[C@H](O)[C@]2(C)OC3CC4OC5C[C@]6(C)O[C@]7(C)CCC8OC9C[C@]%10(C)OC%11C(C)=CC(=O)OC%11CC%10OC9C[C@@H](C)C8OC7CC6O[C@@]5(C)C/C=C\C4OC3CC2O1)C(C)(C)C. The number of carbonyl (C=O) groups is 1. The second kappa shape index (κ2) is 16.1. The molecule has 11 heterocycles. The Kier molecular flexibility index (Phi) is 11.4. The Labute approximate surface area is 392 Å². The van der Waals surface area contributed by atoms with Gasteiger partial charge in [-0.15, -0.1) is 0 Å². The van der Waals surface area contributed by atoms with Gasteiger partial charge in [-0.25, -0.2) is 4.79 Å². The first-order valence-electron chi connectivity index (χ1n) is 25.6. The van der Waals surface area contributed by atoms with Crippen LogP contribution in [0.15, 0.2) is 36.0 Å². The van der Waals surface area contributed by atoms with Crippen LogP contribution in [0.2, 0.25) is 0 Å². The van der Waals surface area contributed by atoms with Gasteiger partial charge in [0.05, 0.1) is 108 Å². The fraction of sp³-hybridized carbons (Fsp3) is 0.868. The van der Waals surface area contributed by atoms with Crippen LogP contribution in [0, 0.1) is 11.3 Å². The largest absolute Gasteiger partial charge is 0.456 e. The van der Waals surface area contributed by atoms with Gasteiger partial charge in [0, 0.05) is 51.0 Å². The van der Waals surface area contributed by atoms with Gasteiger partial charge in [0.1, 0.15) is 23.9 Å². The lowest BCUT2D eigenvalue weighted by molar-refractivity contribution is -0.356. The van der Waals surface area contributed by atoms with Crippen molar-refractivity contribution in [2.45, 2.75) is 278 Å². The summed E-state index contributed by atoms with van der Waals surface area (Å²) in [6.45, 7) is 25.9. The highest BCUT2D eigenvalue weighted by atomic mass is 16.7. The van der Waals surface area contributed by atoms with Crippen molar-refractivity contribution in [3.05, 3.63) is 36.0 Å². The van der Waals surface area contributed by atoms with E-state index in [0.29, 0.717) is 57.8 Å². The molecule has 0 aromatic carbocycles. The lowest BCUT2D eigenvalue weighted by Crippen LogP contribution is -2.70. The summed E-state index contributed by atoms with van der Waals surface area (Å²) in [6, 6.07) is 0. The Morgan fingerprint density at radius 1 is 0.712 bits per heavy atom. The van der Waals surface area contributed by atoms with Gasteiger partial charge in [-0.2, -0.15) is 0 Å². The molecule has 11 rings (SSSR count). The molecule has 0 aromatic rings.